The molecule has 27 heavy (non-hydrogen) atoms. The molecule has 0 radical (unpaired) electrons. The summed E-state index contributed by atoms with van der Waals surface area (Å²) in [5.41, 5.74) is 4.20. The van der Waals surface area contributed by atoms with Crippen molar-refractivity contribution < 1.29 is 14.3 Å². The Morgan fingerprint density at radius 1 is 1.04 bits per heavy atom. The highest BCUT2D eigenvalue weighted by Gasteiger charge is 2.21. The van der Waals surface area contributed by atoms with Gasteiger partial charge in [-0.3, -0.25) is 4.99 Å². The Labute approximate surface area is 156 Å². The van der Waals surface area contributed by atoms with E-state index in [1.165, 1.54) is 0 Å². The van der Waals surface area contributed by atoms with E-state index in [1.54, 1.807) is 19.2 Å². The second-order valence-electron chi connectivity index (χ2n) is 6.19. The van der Waals surface area contributed by atoms with Crippen LogP contribution in [0, 0.1) is 0 Å². The minimum Gasteiger partial charge on any atom is -0.478 e. The van der Waals surface area contributed by atoms with E-state index in [2.05, 4.69) is 10.3 Å². The Morgan fingerprint density at radius 2 is 1.85 bits per heavy atom. The van der Waals surface area contributed by atoms with Crippen LogP contribution >= 0.6 is 0 Å². The lowest BCUT2D eigenvalue weighted by atomic mass is 9.91. The molecule has 0 atom stereocenters. The molecule has 1 aliphatic carbocycles. The van der Waals surface area contributed by atoms with Gasteiger partial charge in [0.1, 0.15) is 11.3 Å². The van der Waals surface area contributed by atoms with Crippen LogP contribution < -0.4 is 10.7 Å². The molecule has 2 aromatic rings. The summed E-state index contributed by atoms with van der Waals surface area (Å²) in [5, 5.41) is 14.4. The van der Waals surface area contributed by atoms with Crippen LogP contribution in [0.5, 0.6) is 0 Å². The van der Waals surface area contributed by atoms with Crippen LogP contribution in [0.2, 0.25) is 0 Å². The molecule has 0 saturated carbocycles. The van der Waals surface area contributed by atoms with E-state index in [4.69, 9.17) is 4.42 Å². The molecule has 0 fully saturated rings. The predicted octanol–water partition coefficient (Wildman–Crippen LogP) is 4.48. The molecule has 1 heterocycles. The Morgan fingerprint density at radius 3 is 2.59 bits per heavy atom. The third-order valence-corrected chi connectivity index (χ3v) is 4.68. The largest absolute Gasteiger partial charge is 0.478 e. The van der Waals surface area contributed by atoms with Gasteiger partial charge in [-0.05, 0) is 35.9 Å². The van der Waals surface area contributed by atoms with Crippen LogP contribution in [0.15, 0.2) is 70.1 Å². The number of benzene rings is 3. The van der Waals surface area contributed by atoms with E-state index < -0.39 is 5.97 Å². The average molecular weight is 358 g/mol. The van der Waals surface area contributed by atoms with Crippen LogP contribution in [0.4, 0.5) is 5.69 Å². The van der Waals surface area contributed by atoms with Gasteiger partial charge in [0.15, 0.2) is 0 Å². The number of carbonyl (C=O) groups is 1. The highest BCUT2D eigenvalue weighted by Crippen LogP contribution is 2.41. The Balaban J connectivity index is 2.19. The van der Waals surface area contributed by atoms with Crippen LogP contribution in [0.25, 0.3) is 33.4 Å². The zero-order valence-corrected chi connectivity index (χ0v) is 15.0. The van der Waals surface area contributed by atoms with Gasteiger partial charge in [0.05, 0.1) is 10.9 Å². The SMILES string of the molecule is C/N=c1\ccc2c(-c3ccccc3C(=O)O)c3ccc(NC)cc3oc-2c1. The maximum Gasteiger partial charge on any atom is 0.336 e. The number of anilines is 1. The van der Waals surface area contributed by atoms with E-state index in [0.29, 0.717) is 16.9 Å². The normalized spacial score (nSPS) is 11.9. The molecule has 5 nitrogen and oxygen atoms in total. The lowest BCUT2D eigenvalue weighted by Gasteiger charge is -2.17. The number of hydrogen-bond acceptors (Lipinski definition) is 4. The standard InChI is InChI=1S/C22H18N2O3/c1-23-13-7-9-17-19(11-13)27-20-12-14(24-2)8-10-18(20)21(17)15-5-3-4-6-16(15)22(25)26/h3-12,23H,1-2H3,(H,25,26)/b24-14+. The molecule has 0 aromatic heterocycles. The number of aromatic carboxylic acids is 1. The fraction of sp³-hybridized carbons (Fsp3) is 0.0909. The molecule has 0 bridgehead atoms. The molecule has 0 amide bonds. The summed E-state index contributed by atoms with van der Waals surface area (Å²) in [6, 6.07) is 18.6. The molecule has 2 N–H and O–H groups in total. The third kappa shape index (κ3) is 2.83. The fourth-order valence-electron chi connectivity index (χ4n) is 3.35. The van der Waals surface area contributed by atoms with Crippen LogP contribution in [0.3, 0.4) is 0 Å². The third-order valence-electron chi connectivity index (χ3n) is 4.68. The number of carboxylic acid groups (broad SMARTS) is 1. The molecule has 0 saturated heterocycles. The molecular weight excluding hydrogens is 340 g/mol. The average Bonchev–Trinajstić information content (AvgIpc) is 2.71. The lowest BCUT2D eigenvalue weighted by Crippen LogP contribution is -2.04. The van der Waals surface area contributed by atoms with Gasteiger partial charge in [-0.2, -0.15) is 0 Å². The summed E-state index contributed by atoms with van der Waals surface area (Å²) in [7, 11) is 3.57. The summed E-state index contributed by atoms with van der Waals surface area (Å²) in [6.07, 6.45) is 0. The number of rotatable bonds is 3. The van der Waals surface area contributed by atoms with Gasteiger partial charge in [-0.25, -0.2) is 4.79 Å². The first-order valence-electron chi connectivity index (χ1n) is 8.56. The van der Waals surface area contributed by atoms with Gasteiger partial charge in [0, 0.05) is 48.4 Å². The summed E-state index contributed by atoms with van der Waals surface area (Å²) in [4.78, 5) is 16.0. The predicted molar refractivity (Wildman–Crippen MR) is 106 cm³/mol. The molecule has 4 rings (SSSR count). The molecule has 1 aliphatic heterocycles. The monoisotopic (exact) mass is 358 g/mol. The quantitative estimate of drug-likeness (QED) is 0.530. The number of fused-ring (bicyclic) bond motifs is 2. The topological polar surface area (TPSA) is 74.8 Å². The highest BCUT2D eigenvalue weighted by molar-refractivity contribution is 6.07. The zero-order valence-electron chi connectivity index (χ0n) is 15.0. The first-order chi connectivity index (χ1) is 13.1. The molecule has 2 aromatic carbocycles. The van der Waals surface area contributed by atoms with E-state index in [0.717, 1.165) is 27.6 Å². The van der Waals surface area contributed by atoms with Gasteiger partial charge in [0.25, 0.3) is 0 Å². The van der Waals surface area contributed by atoms with Crippen molar-refractivity contribution >= 4 is 22.6 Å². The molecular formula is C22H18N2O3. The van der Waals surface area contributed by atoms with E-state index in [9.17, 15) is 9.90 Å². The molecule has 0 spiro atoms. The fourth-order valence-corrected chi connectivity index (χ4v) is 3.35. The maximum atomic E-state index is 11.8. The lowest BCUT2D eigenvalue weighted by molar-refractivity contribution is 0.0697. The van der Waals surface area contributed by atoms with E-state index in [1.807, 2.05) is 55.6 Å². The van der Waals surface area contributed by atoms with Crippen molar-refractivity contribution in [1.82, 2.24) is 0 Å². The summed E-state index contributed by atoms with van der Waals surface area (Å²) < 4.78 is 6.15. The van der Waals surface area contributed by atoms with Crippen molar-refractivity contribution in [3.05, 3.63) is 71.6 Å². The van der Waals surface area contributed by atoms with Crippen molar-refractivity contribution in [2.24, 2.45) is 4.99 Å². The van der Waals surface area contributed by atoms with Gasteiger partial charge in [-0.15, -0.1) is 0 Å². The summed E-state index contributed by atoms with van der Waals surface area (Å²) in [6.45, 7) is 0. The minimum absolute atomic E-state index is 0.258. The smallest absolute Gasteiger partial charge is 0.336 e. The van der Waals surface area contributed by atoms with Crippen LogP contribution in [0.1, 0.15) is 10.4 Å². The zero-order chi connectivity index (χ0) is 19.0. The van der Waals surface area contributed by atoms with E-state index in [-0.39, 0.29) is 5.56 Å². The number of nitrogens with zero attached hydrogens (tertiary/aromatic N) is 1. The van der Waals surface area contributed by atoms with Crippen molar-refractivity contribution in [3.8, 4) is 22.5 Å². The van der Waals surface area contributed by atoms with Gasteiger partial charge < -0.3 is 14.8 Å². The molecule has 0 unspecified atom stereocenters. The highest BCUT2D eigenvalue weighted by atomic mass is 16.4. The summed E-state index contributed by atoms with van der Waals surface area (Å²) >= 11 is 0. The first-order valence-corrected chi connectivity index (χ1v) is 8.56. The van der Waals surface area contributed by atoms with E-state index >= 15 is 0 Å². The number of carboxylic acids is 1. The first kappa shape index (κ1) is 16.8. The van der Waals surface area contributed by atoms with Gasteiger partial charge in [-0.1, -0.05) is 18.2 Å². The van der Waals surface area contributed by atoms with Crippen molar-refractivity contribution in [1.29, 1.82) is 0 Å². The van der Waals surface area contributed by atoms with Gasteiger partial charge >= 0.3 is 5.97 Å². The van der Waals surface area contributed by atoms with Crippen molar-refractivity contribution in [3.63, 3.8) is 0 Å². The molecule has 5 heteroatoms. The maximum absolute atomic E-state index is 11.8. The number of nitrogens with one attached hydrogen (secondary N) is 1. The molecule has 134 valence electrons. The van der Waals surface area contributed by atoms with Crippen molar-refractivity contribution in [2.75, 3.05) is 19.4 Å². The Kier molecular flexibility index (Phi) is 4.12. The summed E-state index contributed by atoms with van der Waals surface area (Å²) in [5.74, 6) is -0.297. The second-order valence-corrected chi connectivity index (χ2v) is 6.19. The minimum atomic E-state index is -0.959. The second kappa shape index (κ2) is 6.61. The molecule has 2 aliphatic rings. The Bertz CT molecular complexity index is 1210. The van der Waals surface area contributed by atoms with Crippen molar-refractivity contribution in [2.45, 2.75) is 0 Å². The Hall–Kier alpha value is -3.60. The number of hydrogen-bond donors (Lipinski definition) is 2. The van der Waals surface area contributed by atoms with Gasteiger partial charge in [0.2, 0.25) is 0 Å². The van der Waals surface area contributed by atoms with Crippen LogP contribution in [-0.4, -0.2) is 25.2 Å². The van der Waals surface area contributed by atoms with Crippen LogP contribution in [-0.2, 0) is 0 Å².